The topological polar surface area (TPSA) is 50.8 Å². The first-order valence-electron chi connectivity index (χ1n) is 15.2. The number of fused-ring (bicyclic) bond motifs is 4. The third-order valence-corrected chi connectivity index (χ3v) is 8.81. The Morgan fingerprint density at radius 3 is 1.84 bits per heavy atom. The minimum Gasteiger partial charge on any atom is -0.314 e. The molecule has 5 aromatic rings. The third-order valence-electron chi connectivity index (χ3n) is 8.81. The van der Waals surface area contributed by atoms with Gasteiger partial charge in [-0.3, -0.25) is 0 Å². The second-order valence-electron chi connectivity index (χ2n) is 11.8. The molecule has 0 aromatic heterocycles. The van der Waals surface area contributed by atoms with Gasteiger partial charge >= 0.3 is 0 Å². The van der Waals surface area contributed by atoms with Crippen LogP contribution < -0.4 is 4.90 Å². The van der Waals surface area contributed by atoms with Gasteiger partial charge in [-0.15, -0.1) is 0 Å². The van der Waals surface area contributed by atoms with Crippen molar-refractivity contribution in [1.29, 1.82) is 10.5 Å². The fourth-order valence-electron chi connectivity index (χ4n) is 6.50. The number of anilines is 2. The number of benzene rings is 5. The Labute approximate surface area is 264 Å². The van der Waals surface area contributed by atoms with E-state index in [-0.39, 0.29) is 5.92 Å². The summed E-state index contributed by atoms with van der Waals surface area (Å²) in [4.78, 5) is 2.36. The predicted octanol–water partition coefficient (Wildman–Crippen LogP) is 10.5. The van der Waals surface area contributed by atoms with E-state index in [2.05, 4.69) is 145 Å². The zero-order chi connectivity index (χ0) is 30.9. The number of nitrogens with zero attached hydrogens (tertiary/aromatic N) is 3. The number of hydrogen-bond acceptors (Lipinski definition) is 3. The molecule has 2 unspecified atom stereocenters. The number of allylic oxidation sites excluding steroid dienone is 7. The van der Waals surface area contributed by atoms with Gasteiger partial charge in [0, 0.05) is 39.7 Å². The van der Waals surface area contributed by atoms with E-state index in [1.165, 1.54) is 11.3 Å². The van der Waals surface area contributed by atoms with Crippen LogP contribution in [0.25, 0.3) is 33.7 Å². The molecule has 0 saturated heterocycles. The average Bonchev–Trinajstić information content (AvgIpc) is 3.08. The number of hydrogen-bond donors (Lipinski definition) is 0. The third kappa shape index (κ3) is 5.16. The molecule has 2 atom stereocenters. The minimum atomic E-state index is 0.273. The van der Waals surface area contributed by atoms with E-state index in [9.17, 15) is 10.5 Å². The second-order valence-corrected chi connectivity index (χ2v) is 11.8. The first-order chi connectivity index (χ1) is 22.0. The van der Waals surface area contributed by atoms with E-state index < -0.39 is 0 Å². The van der Waals surface area contributed by atoms with Crippen LogP contribution in [0.2, 0.25) is 0 Å². The monoisotopic (exact) mass is 577 g/mol. The summed E-state index contributed by atoms with van der Waals surface area (Å²) in [5.41, 5.74) is 8.71. The van der Waals surface area contributed by atoms with E-state index in [4.69, 9.17) is 0 Å². The number of nitriles is 2. The largest absolute Gasteiger partial charge is 0.314 e. The normalized spacial score (nSPS) is 16.8. The maximum absolute atomic E-state index is 10.1. The summed E-state index contributed by atoms with van der Waals surface area (Å²) in [6, 6.07) is 34.2. The Hall–Kier alpha value is -5.90. The highest BCUT2D eigenvalue weighted by molar-refractivity contribution is 6.13. The van der Waals surface area contributed by atoms with Crippen molar-refractivity contribution < 1.29 is 0 Å². The van der Waals surface area contributed by atoms with Crippen molar-refractivity contribution in [3.8, 4) is 12.1 Å². The van der Waals surface area contributed by atoms with Gasteiger partial charge in [-0.1, -0.05) is 114 Å². The summed E-state index contributed by atoms with van der Waals surface area (Å²) in [5, 5.41) is 23.6. The standard InChI is InChI=1S/C42H31N3/c1-28-10-18-33(19-11-28)45(42-9-5-7-32-6-3-4-8-35(32)42)34-20-15-30(16-21-34)13-14-31-17-23-37-36-22-12-29(2)24-38(36)40(26-43)41(27-44)39(37)25-31/h3-25,32,35H,1-2H3. The molecule has 0 fully saturated rings. The van der Waals surface area contributed by atoms with E-state index in [1.807, 2.05) is 25.1 Å². The van der Waals surface area contributed by atoms with Crippen LogP contribution in [0, 0.1) is 48.3 Å². The van der Waals surface area contributed by atoms with Crippen molar-refractivity contribution in [2.24, 2.45) is 11.8 Å². The lowest BCUT2D eigenvalue weighted by Crippen LogP contribution is -2.27. The number of rotatable bonds is 5. The molecule has 2 aliphatic rings. The molecule has 3 nitrogen and oxygen atoms in total. The van der Waals surface area contributed by atoms with Crippen LogP contribution >= 0.6 is 0 Å². The number of aryl methyl sites for hydroxylation is 2. The second kappa shape index (κ2) is 11.6. The summed E-state index contributed by atoms with van der Waals surface area (Å²) in [6.45, 7) is 4.12. The molecule has 0 saturated carbocycles. The van der Waals surface area contributed by atoms with E-state index in [1.54, 1.807) is 0 Å². The lowest BCUT2D eigenvalue weighted by atomic mass is 9.82. The van der Waals surface area contributed by atoms with E-state index in [0.29, 0.717) is 17.0 Å². The highest BCUT2D eigenvalue weighted by Crippen LogP contribution is 2.40. The first-order valence-corrected chi connectivity index (χ1v) is 15.2. The van der Waals surface area contributed by atoms with Crippen molar-refractivity contribution in [3.63, 3.8) is 0 Å². The molecular formula is C42H31N3. The van der Waals surface area contributed by atoms with Crippen LogP contribution in [0.5, 0.6) is 0 Å². The lowest BCUT2D eigenvalue weighted by molar-refractivity contribution is 0.612. The van der Waals surface area contributed by atoms with Crippen molar-refractivity contribution in [2.45, 2.75) is 13.8 Å². The van der Waals surface area contributed by atoms with Gasteiger partial charge in [0.2, 0.25) is 0 Å². The summed E-state index contributed by atoms with van der Waals surface area (Å²) >= 11 is 0. The summed E-state index contributed by atoms with van der Waals surface area (Å²) in [6.07, 6.45) is 19.7. The van der Waals surface area contributed by atoms with Crippen LogP contribution in [0.4, 0.5) is 11.4 Å². The minimum absolute atomic E-state index is 0.273. The molecule has 2 aliphatic carbocycles. The smallest absolute Gasteiger partial charge is 0.101 e. The van der Waals surface area contributed by atoms with Crippen LogP contribution in [-0.4, -0.2) is 0 Å². The van der Waals surface area contributed by atoms with Crippen molar-refractivity contribution in [2.75, 3.05) is 4.90 Å². The lowest BCUT2D eigenvalue weighted by Gasteiger charge is -2.36. The van der Waals surface area contributed by atoms with Gasteiger partial charge in [-0.2, -0.15) is 10.5 Å². The van der Waals surface area contributed by atoms with Crippen molar-refractivity contribution in [3.05, 3.63) is 167 Å². The van der Waals surface area contributed by atoms with Gasteiger partial charge in [-0.25, -0.2) is 0 Å². The molecular weight excluding hydrogens is 546 g/mol. The van der Waals surface area contributed by atoms with Crippen LogP contribution in [0.1, 0.15) is 33.4 Å². The first kappa shape index (κ1) is 27.9. The van der Waals surface area contributed by atoms with Crippen LogP contribution in [0.3, 0.4) is 0 Å². The maximum atomic E-state index is 10.1. The molecule has 45 heavy (non-hydrogen) atoms. The molecule has 7 rings (SSSR count). The molecule has 0 aliphatic heterocycles. The Bertz CT molecular complexity index is 2190. The van der Waals surface area contributed by atoms with Crippen LogP contribution in [0.15, 0.2) is 133 Å². The molecule has 5 aromatic carbocycles. The summed E-state index contributed by atoms with van der Waals surface area (Å²) in [5.74, 6) is 0.620. The van der Waals surface area contributed by atoms with Crippen LogP contribution in [-0.2, 0) is 0 Å². The van der Waals surface area contributed by atoms with Crippen molar-refractivity contribution >= 4 is 45.1 Å². The van der Waals surface area contributed by atoms with Gasteiger partial charge in [0.05, 0.1) is 11.1 Å². The summed E-state index contributed by atoms with van der Waals surface area (Å²) < 4.78 is 0. The fourth-order valence-corrected chi connectivity index (χ4v) is 6.50. The van der Waals surface area contributed by atoms with E-state index >= 15 is 0 Å². The zero-order valence-corrected chi connectivity index (χ0v) is 25.3. The van der Waals surface area contributed by atoms with Gasteiger partial charge in [-0.05, 0) is 72.2 Å². The van der Waals surface area contributed by atoms with E-state index in [0.717, 1.165) is 49.6 Å². The van der Waals surface area contributed by atoms with Gasteiger partial charge in [0.1, 0.15) is 12.1 Å². The Morgan fingerprint density at radius 2 is 1.13 bits per heavy atom. The quantitative estimate of drug-likeness (QED) is 0.154. The highest BCUT2D eigenvalue weighted by Gasteiger charge is 2.28. The summed E-state index contributed by atoms with van der Waals surface area (Å²) in [7, 11) is 0. The SMILES string of the molecule is Cc1ccc(N(C2=CC=CC3C=CC=CC23)c2ccc(C=Cc3ccc4c(c3)c(C#N)c(C#N)c3cc(C)ccc34)cc2)cc1. The van der Waals surface area contributed by atoms with Gasteiger partial charge < -0.3 is 4.90 Å². The predicted molar refractivity (Wildman–Crippen MR) is 187 cm³/mol. The molecule has 0 amide bonds. The fraction of sp³-hybridized carbons (Fsp3) is 0.0952. The Kier molecular flexibility index (Phi) is 7.22. The molecule has 0 bridgehead atoms. The zero-order valence-electron chi connectivity index (χ0n) is 25.3. The van der Waals surface area contributed by atoms with Crippen molar-refractivity contribution in [1.82, 2.24) is 0 Å². The molecule has 0 heterocycles. The average molecular weight is 578 g/mol. The van der Waals surface area contributed by atoms with Gasteiger partial charge in [0.25, 0.3) is 0 Å². The maximum Gasteiger partial charge on any atom is 0.101 e. The molecule has 0 N–H and O–H groups in total. The molecule has 0 spiro atoms. The Morgan fingerprint density at radius 1 is 0.578 bits per heavy atom. The molecule has 3 heteroatoms. The Balaban J connectivity index is 1.23. The molecule has 0 radical (unpaired) electrons. The molecule has 214 valence electrons. The highest BCUT2D eigenvalue weighted by atomic mass is 15.2. The van der Waals surface area contributed by atoms with Gasteiger partial charge in [0.15, 0.2) is 0 Å².